The maximum absolute atomic E-state index is 12.5. The standard InChI is InChI=1S/C35H50O2S2/c1-5-7-9-11-12-13-14-16-18-30-19-23-32(24-20-30)35(38)39-33-25-21-31(22-26-33)27-28(3)34(36)37-29(4)17-15-10-8-6-2/h19-27,29H,5-18H2,1-4H3/t29-/m1/s1. The molecule has 0 bridgehead atoms. The van der Waals surface area contributed by atoms with Gasteiger partial charge in [0.25, 0.3) is 0 Å². The van der Waals surface area contributed by atoms with Crippen molar-refractivity contribution >= 4 is 40.2 Å². The molecule has 0 radical (unpaired) electrons. The fourth-order valence-corrected chi connectivity index (χ4v) is 5.74. The number of hydrogen-bond donors (Lipinski definition) is 0. The highest BCUT2D eigenvalue weighted by atomic mass is 32.2. The lowest BCUT2D eigenvalue weighted by Gasteiger charge is -2.13. The largest absolute Gasteiger partial charge is 0.459 e. The fourth-order valence-electron chi connectivity index (χ4n) is 4.57. The van der Waals surface area contributed by atoms with E-state index in [9.17, 15) is 4.79 Å². The number of ether oxygens (including phenoxy) is 1. The maximum atomic E-state index is 12.5. The Kier molecular flexibility index (Phi) is 17.1. The van der Waals surface area contributed by atoms with Gasteiger partial charge in [0, 0.05) is 10.5 Å². The number of rotatable bonds is 19. The summed E-state index contributed by atoms with van der Waals surface area (Å²) >= 11 is 7.33. The van der Waals surface area contributed by atoms with Gasteiger partial charge in [0.05, 0.1) is 10.3 Å². The van der Waals surface area contributed by atoms with Gasteiger partial charge < -0.3 is 4.74 Å². The molecule has 0 spiro atoms. The van der Waals surface area contributed by atoms with E-state index in [0.29, 0.717) is 5.57 Å². The molecule has 0 heterocycles. The molecule has 0 aliphatic carbocycles. The van der Waals surface area contributed by atoms with Gasteiger partial charge in [-0.05, 0) is 74.4 Å². The summed E-state index contributed by atoms with van der Waals surface area (Å²) < 4.78 is 6.50. The molecule has 0 saturated carbocycles. The van der Waals surface area contributed by atoms with Crippen LogP contribution in [-0.2, 0) is 16.0 Å². The molecule has 0 aliphatic heterocycles. The van der Waals surface area contributed by atoms with Gasteiger partial charge in [-0.1, -0.05) is 138 Å². The maximum Gasteiger partial charge on any atom is 0.333 e. The van der Waals surface area contributed by atoms with Crippen LogP contribution in [0.4, 0.5) is 0 Å². The lowest BCUT2D eigenvalue weighted by atomic mass is 10.0. The fraction of sp³-hybridized carbons (Fsp3) is 0.543. The molecule has 1 atom stereocenters. The molecular weight excluding hydrogens is 517 g/mol. The molecule has 0 saturated heterocycles. The van der Waals surface area contributed by atoms with E-state index in [1.807, 2.05) is 32.1 Å². The van der Waals surface area contributed by atoms with E-state index >= 15 is 0 Å². The van der Waals surface area contributed by atoms with E-state index in [4.69, 9.17) is 17.0 Å². The van der Waals surface area contributed by atoms with E-state index in [1.165, 1.54) is 76.2 Å². The second-order valence-electron chi connectivity index (χ2n) is 10.8. The zero-order chi connectivity index (χ0) is 28.3. The number of unbranched alkanes of at least 4 members (excludes halogenated alkanes) is 10. The van der Waals surface area contributed by atoms with Crippen LogP contribution in [0.1, 0.15) is 128 Å². The molecule has 2 nitrogen and oxygen atoms in total. The van der Waals surface area contributed by atoms with E-state index in [0.717, 1.165) is 39.5 Å². The molecule has 2 rings (SSSR count). The Morgan fingerprint density at radius 1 is 0.821 bits per heavy atom. The number of hydrogen-bond acceptors (Lipinski definition) is 4. The van der Waals surface area contributed by atoms with Crippen molar-refractivity contribution in [2.75, 3.05) is 0 Å². The van der Waals surface area contributed by atoms with Crippen molar-refractivity contribution in [2.45, 2.75) is 129 Å². The van der Waals surface area contributed by atoms with Gasteiger partial charge in [-0.25, -0.2) is 4.79 Å². The monoisotopic (exact) mass is 566 g/mol. The third-order valence-electron chi connectivity index (χ3n) is 7.08. The second kappa shape index (κ2) is 20.0. The molecule has 0 fully saturated rings. The minimum Gasteiger partial charge on any atom is -0.459 e. The lowest BCUT2D eigenvalue weighted by Crippen LogP contribution is -2.15. The second-order valence-corrected chi connectivity index (χ2v) is 12.5. The summed E-state index contributed by atoms with van der Waals surface area (Å²) in [5, 5.41) is 0. The van der Waals surface area contributed by atoms with Gasteiger partial charge in [-0.2, -0.15) is 0 Å². The molecule has 0 aromatic heterocycles. The first kappa shape index (κ1) is 33.3. The molecule has 39 heavy (non-hydrogen) atoms. The van der Waals surface area contributed by atoms with Crippen molar-refractivity contribution in [3.63, 3.8) is 0 Å². The first-order chi connectivity index (χ1) is 18.9. The number of benzene rings is 2. The molecule has 2 aromatic carbocycles. The first-order valence-electron chi connectivity index (χ1n) is 15.2. The average Bonchev–Trinajstić information content (AvgIpc) is 2.94. The van der Waals surface area contributed by atoms with E-state index < -0.39 is 0 Å². The number of carbonyl (C=O) groups excluding carboxylic acids is 1. The topological polar surface area (TPSA) is 26.3 Å². The summed E-state index contributed by atoms with van der Waals surface area (Å²) in [6.45, 7) is 8.28. The Morgan fingerprint density at radius 2 is 1.38 bits per heavy atom. The van der Waals surface area contributed by atoms with Crippen molar-refractivity contribution in [1.29, 1.82) is 0 Å². The van der Waals surface area contributed by atoms with Crippen molar-refractivity contribution in [3.8, 4) is 0 Å². The van der Waals surface area contributed by atoms with Crippen LogP contribution in [0, 0.1) is 0 Å². The Bertz CT molecular complexity index is 992. The lowest BCUT2D eigenvalue weighted by molar-refractivity contribution is -0.143. The highest BCUT2D eigenvalue weighted by Crippen LogP contribution is 2.25. The Morgan fingerprint density at radius 3 is 2.00 bits per heavy atom. The average molecular weight is 567 g/mol. The molecule has 0 aliphatic rings. The SMILES string of the molecule is CCCCCCCCCCc1ccc(C(=S)Sc2ccc(C=C(C)C(=O)O[C@H](C)CCCCCC)cc2)cc1. The molecule has 214 valence electrons. The van der Waals surface area contributed by atoms with Crippen LogP contribution in [0.3, 0.4) is 0 Å². The van der Waals surface area contributed by atoms with E-state index in [-0.39, 0.29) is 12.1 Å². The van der Waals surface area contributed by atoms with Crippen molar-refractivity contribution < 1.29 is 9.53 Å². The zero-order valence-corrected chi connectivity index (χ0v) is 26.4. The number of thioether (sulfide) groups is 1. The summed E-state index contributed by atoms with van der Waals surface area (Å²) in [6.07, 6.45) is 19.5. The number of aryl methyl sites for hydroxylation is 1. The van der Waals surface area contributed by atoms with Gasteiger partial charge in [0.1, 0.15) is 0 Å². The molecule has 4 heteroatoms. The van der Waals surface area contributed by atoms with Crippen molar-refractivity contribution in [3.05, 3.63) is 70.8 Å². The van der Waals surface area contributed by atoms with Gasteiger partial charge in [-0.15, -0.1) is 0 Å². The summed E-state index contributed by atoms with van der Waals surface area (Å²) in [5.74, 6) is -0.233. The number of carbonyl (C=O) groups is 1. The molecule has 2 aromatic rings. The summed E-state index contributed by atoms with van der Waals surface area (Å²) in [5.41, 5.74) is 4.11. The third kappa shape index (κ3) is 14.3. The first-order valence-corrected chi connectivity index (χ1v) is 16.5. The summed E-state index contributed by atoms with van der Waals surface area (Å²) in [7, 11) is 0. The van der Waals surface area contributed by atoms with Crippen LogP contribution >= 0.6 is 24.0 Å². The Hall–Kier alpha value is -1.91. The minimum absolute atomic E-state index is 0.0448. The van der Waals surface area contributed by atoms with Gasteiger partial charge >= 0.3 is 5.97 Å². The van der Waals surface area contributed by atoms with E-state index in [2.05, 4.69) is 50.2 Å². The van der Waals surface area contributed by atoms with Crippen LogP contribution in [0.2, 0.25) is 0 Å². The van der Waals surface area contributed by atoms with Crippen LogP contribution in [0.25, 0.3) is 6.08 Å². The van der Waals surface area contributed by atoms with Gasteiger partial charge in [0.2, 0.25) is 0 Å². The Labute approximate surface area is 248 Å². The van der Waals surface area contributed by atoms with Crippen LogP contribution in [-0.4, -0.2) is 16.3 Å². The van der Waals surface area contributed by atoms with Crippen molar-refractivity contribution in [2.24, 2.45) is 0 Å². The van der Waals surface area contributed by atoms with E-state index in [1.54, 1.807) is 11.8 Å². The highest BCUT2D eigenvalue weighted by Gasteiger charge is 2.11. The van der Waals surface area contributed by atoms with Crippen molar-refractivity contribution in [1.82, 2.24) is 0 Å². The number of esters is 1. The zero-order valence-electron chi connectivity index (χ0n) is 24.8. The number of thiocarbonyl (C=S) groups is 1. The smallest absolute Gasteiger partial charge is 0.333 e. The van der Waals surface area contributed by atoms with Crippen LogP contribution in [0.15, 0.2) is 59.0 Å². The third-order valence-corrected chi connectivity index (χ3v) is 8.49. The minimum atomic E-state index is -0.233. The predicted molar refractivity (Wildman–Crippen MR) is 175 cm³/mol. The molecule has 0 amide bonds. The Balaban J connectivity index is 1.75. The van der Waals surface area contributed by atoms with Gasteiger partial charge in [0.15, 0.2) is 0 Å². The molecule has 0 unspecified atom stereocenters. The highest BCUT2D eigenvalue weighted by molar-refractivity contribution is 8.23. The summed E-state index contributed by atoms with van der Waals surface area (Å²) in [4.78, 5) is 13.6. The normalized spacial score (nSPS) is 12.4. The summed E-state index contributed by atoms with van der Waals surface area (Å²) in [6, 6.07) is 17.0. The van der Waals surface area contributed by atoms with Gasteiger partial charge in [-0.3, -0.25) is 0 Å². The quantitative estimate of drug-likeness (QED) is 0.0555. The molecular formula is C35H50O2S2. The van der Waals surface area contributed by atoms with Crippen LogP contribution in [0.5, 0.6) is 0 Å². The molecule has 0 N–H and O–H groups in total. The van der Waals surface area contributed by atoms with Crippen LogP contribution < -0.4 is 0 Å². The predicted octanol–water partition coefficient (Wildman–Crippen LogP) is 11.1.